The number of carbonyl (C=O) groups is 2. The molecule has 7 heteroatoms. The molecule has 4 rings (SSSR count). The second kappa shape index (κ2) is 11.9. The molecule has 0 N–H and O–H groups in total. The Bertz CT molecular complexity index is 1050. The van der Waals surface area contributed by atoms with Crippen LogP contribution in [0.25, 0.3) is 0 Å². The molecule has 0 saturated carbocycles. The lowest BCUT2D eigenvalue weighted by Crippen LogP contribution is -2.44. The van der Waals surface area contributed by atoms with Crippen LogP contribution in [0.5, 0.6) is 5.75 Å². The van der Waals surface area contributed by atoms with Crippen molar-refractivity contribution in [1.29, 1.82) is 0 Å². The van der Waals surface area contributed by atoms with E-state index in [9.17, 15) is 9.59 Å². The van der Waals surface area contributed by atoms with Crippen molar-refractivity contribution in [3.63, 3.8) is 0 Å². The summed E-state index contributed by atoms with van der Waals surface area (Å²) in [6.07, 6.45) is 3.18. The van der Waals surface area contributed by atoms with Crippen molar-refractivity contribution in [3.05, 3.63) is 65.7 Å². The van der Waals surface area contributed by atoms with E-state index in [1.807, 2.05) is 80.3 Å². The van der Waals surface area contributed by atoms with E-state index in [-0.39, 0.29) is 30.9 Å². The molecule has 2 aliphatic rings. The zero-order valence-corrected chi connectivity index (χ0v) is 22.5. The van der Waals surface area contributed by atoms with Crippen LogP contribution in [0.2, 0.25) is 0 Å². The number of benzene rings is 2. The molecule has 1 unspecified atom stereocenters. The van der Waals surface area contributed by atoms with Gasteiger partial charge in [-0.05, 0) is 75.6 Å². The maximum Gasteiger partial charge on any atom is 0.410 e. The topological polar surface area (TPSA) is 68.3 Å². The maximum atomic E-state index is 13.0. The van der Waals surface area contributed by atoms with Crippen molar-refractivity contribution in [2.75, 3.05) is 19.7 Å². The quantitative estimate of drug-likeness (QED) is 0.441. The minimum absolute atomic E-state index is 0.0271. The van der Waals surface area contributed by atoms with E-state index in [4.69, 9.17) is 14.2 Å². The van der Waals surface area contributed by atoms with Gasteiger partial charge < -0.3 is 24.0 Å². The van der Waals surface area contributed by atoms with Crippen molar-refractivity contribution in [1.82, 2.24) is 9.80 Å². The van der Waals surface area contributed by atoms with Crippen molar-refractivity contribution < 1.29 is 23.8 Å². The molecule has 2 aromatic carbocycles. The average molecular weight is 509 g/mol. The summed E-state index contributed by atoms with van der Waals surface area (Å²) < 4.78 is 17.4. The first-order chi connectivity index (χ1) is 17.7. The van der Waals surface area contributed by atoms with Gasteiger partial charge in [-0.3, -0.25) is 0 Å². The number of likely N-dealkylation sites (tertiary alicyclic amines) is 2. The van der Waals surface area contributed by atoms with Crippen LogP contribution in [0.1, 0.15) is 70.5 Å². The molecule has 0 spiro atoms. The van der Waals surface area contributed by atoms with Gasteiger partial charge in [0, 0.05) is 13.1 Å². The van der Waals surface area contributed by atoms with Gasteiger partial charge in [0.2, 0.25) is 0 Å². The number of rotatable bonds is 6. The first-order valence-electron chi connectivity index (χ1n) is 13.4. The molecular weight excluding hydrogens is 468 g/mol. The second-order valence-corrected chi connectivity index (χ2v) is 11.2. The van der Waals surface area contributed by atoms with Gasteiger partial charge in [0.05, 0.1) is 12.1 Å². The first-order valence-corrected chi connectivity index (χ1v) is 13.4. The highest BCUT2D eigenvalue weighted by molar-refractivity contribution is 5.69. The van der Waals surface area contributed by atoms with Gasteiger partial charge in [-0.2, -0.15) is 0 Å². The number of ether oxygens (including phenoxy) is 3. The monoisotopic (exact) mass is 508 g/mol. The molecule has 2 amide bonds. The van der Waals surface area contributed by atoms with Crippen LogP contribution in [-0.4, -0.2) is 53.3 Å². The molecule has 0 bridgehead atoms. The standard InChI is InChI=1S/C30H40N2O5/c1-22-15-16-27(32(19-22)29(34)37-30(2,3)4)24-12-8-14-26(18-24)35-21-25-13-9-17-31(25)28(33)36-20-23-10-6-5-7-11-23/h5-8,10-12,14,18,22,25,27H,9,13,15-17,19-21H2,1-4H3/t22-,25?,27+/m0/s1. The third-order valence-electron chi connectivity index (χ3n) is 6.95. The number of carbonyl (C=O) groups excluding carboxylic acids is 2. The zero-order chi connectivity index (χ0) is 26.4. The molecule has 37 heavy (non-hydrogen) atoms. The molecule has 2 aliphatic heterocycles. The Morgan fingerprint density at radius 2 is 1.73 bits per heavy atom. The molecule has 2 aromatic rings. The fraction of sp³-hybridized carbons (Fsp3) is 0.533. The molecule has 2 saturated heterocycles. The summed E-state index contributed by atoms with van der Waals surface area (Å²) in [5.74, 6) is 1.17. The lowest BCUT2D eigenvalue weighted by atomic mass is 9.90. The van der Waals surface area contributed by atoms with E-state index in [0.29, 0.717) is 25.6 Å². The van der Waals surface area contributed by atoms with E-state index >= 15 is 0 Å². The number of amides is 2. The summed E-state index contributed by atoms with van der Waals surface area (Å²) in [4.78, 5) is 29.4. The summed E-state index contributed by atoms with van der Waals surface area (Å²) in [7, 11) is 0. The Balaban J connectivity index is 1.37. The van der Waals surface area contributed by atoms with E-state index in [1.54, 1.807) is 4.90 Å². The molecule has 2 heterocycles. The van der Waals surface area contributed by atoms with E-state index < -0.39 is 5.60 Å². The van der Waals surface area contributed by atoms with Gasteiger partial charge in [0.15, 0.2) is 0 Å². The van der Waals surface area contributed by atoms with Gasteiger partial charge in [0.25, 0.3) is 0 Å². The summed E-state index contributed by atoms with van der Waals surface area (Å²) in [5, 5.41) is 0. The fourth-order valence-electron chi connectivity index (χ4n) is 5.08. The summed E-state index contributed by atoms with van der Waals surface area (Å²) in [6, 6.07) is 17.6. The summed E-state index contributed by atoms with van der Waals surface area (Å²) >= 11 is 0. The van der Waals surface area contributed by atoms with Gasteiger partial charge in [-0.1, -0.05) is 49.4 Å². The van der Waals surface area contributed by atoms with Crippen molar-refractivity contribution in [3.8, 4) is 5.75 Å². The van der Waals surface area contributed by atoms with E-state index in [0.717, 1.165) is 42.6 Å². The normalized spacial score (nSPS) is 22.0. The number of hydrogen-bond acceptors (Lipinski definition) is 5. The predicted molar refractivity (Wildman–Crippen MR) is 142 cm³/mol. The minimum Gasteiger partial charge on any atom is -0.491 e. The predicted octanol–water partition coefficient (Wildman–Crippen LogP) is 6.57. The Labute approximate surface area is 220 Å². The van der Waals surface area contributed by atoms with Crippen molar-refractivity contribution in [2.24, 2.45) is 5.92 Å². The highest BCUT2D eigenvalue weighted by Gasteiger charge is 2.34. The van der Waals surface area contributed by atoms with Gasteiger partial charge in [-0.25, -0.2) is 9.59 Å². The Morgan fingerprint density at radius 1 is 0.946 bits per heavy atom. The molecule has 2 fully saturated rings. The van der Waals surface area contributed by atoms with Gasteiger partial charge in [0.1, 0.15) is 24.6 Å². The number of nitrogens with zero attached hydrogens (tertiary/aromatic N) is 2. The lowest BCUT2D eigenvalue weighted by Gasteiger charge is -2.39. The largest absolute Gasteiger partial charge is 0.491 e. The Kier molecular flexibility index (Phi) is 8.62. The van der Waals surface area contributed by atoms with E-state index in [1.165, 1.54) is 0 Å². The smallest absolute Gasteiger partial charge is 0.410 e. The SMILES string of the molecule is C[C@H]1CC[C@H](c2cccc(OCC3CCCN3C(=O)OCc3ccccc3)c2)N(C(=O)OC(C)(C)C)C1. The van der Waals surface area contributed by atoms with Crippen LogP contribution in [0, 0.1) is 5.92 Å². The second-order valence-electron chi connectivity index (χ2n) is 11.2. The third kappa shape index (κ3) is 7.40. The number of hydrogen-bond donors (Lipinski definition) is 0. The van der Waals surface area contributed by atoms with Crippen LogP contribution in [-0.2, 0) is 16.1 Å². The Morgan fingerprint density at radius 3 is 2.49 bits per heavy atom. The van der Waals surface area contributed by atoms with Gasteiger partial charge in [-0.15, -0.1) is 0 Å². The van der Waals surface area contributed by atoms with Crippen LogP contribution in [0.3, 0.4) is 0 Å². The Hall–Kier alpha value is -3.22. The van der Waals surface area contributed by atoms with Crippen LogP contribution in [0.4, 0.5) is 9.59 Å². The molecular formula is C30H40N2O5. The maximum absolute atomic E-state index is 13.0. The zero-order valence-electron chi connectivity index (χ0n) is 22.5. The van der Waals surface area contributed by atoms with Crippen molar-refractivity contribution in [2.45, 2.75) is 77.7 Å². The molecule has 0 aromatic heterocycles. The van der Waals surface area contributed by atoms with Crippen LogP contribution in [0.15, 0.2) is 54.6 Å². The number of piperidine rings is 1. The van der Waals surface area contributed by atoms with Crippen molar-refractivity contribution >= 4 is 12.2 Å². The molecule has 3 atom stereocenters. The van der Waals surface area contributed by atoms with Crippen LogP contribution < -0.4 is 4.74 Å². The molecule has 7 nitrogen and oxygen atoms in total. The minimum atomic E-state index is -0.539. The molecule has 0 aliphatic carbocycles. The highest BCUT2D eigenvalue weighted by Crippen LogP contribution is 2.35. The first kappa shape index (κ1) is 26.8. The molecule has 200 valence electrons. The fourth-order valence-corrected chi connectivity index (χ4v) is 5.08. The average Bonchev–Trinajstić information content (AvgIpc) is 3.34. The lowest BCUT2D eigenvalue weighted by molar-refractivity contribution is 0.00359. The summed E-state index contributed by atoms with van der Waals surface area (Å²) in [5.41, 5.74) is 1.47. The van der Waals surface area contributed by atoms with Gasteiger partial charge >= 0.3 is 12.2 Å². The third-order valence-corrected chi connectivity index (χ3v) is 6.95. The molecule has 0 radical (unpaired) electrons. The van der Waals surface area contributed by atoms with Crippen LogP contribution >= 0.6 is 0 Å². The summed E-state index contributed by atoms with van der Waals surface area (Å²) in [6.45, 7) is 9.87. The van der Waals surface area contributed by atoms with E-state index in [2.05, 4.69) is 6.92 Å². The highest BCUT2D eigenvalue weighted by atomic mass is 16.6.